The van der Waals surface area contributed by atoms with E-state index < -0.39 is 0 Å². The van der Waals surface area contributed by atoms with Crippen LogP contribution in [0.5, 0.6) is 0 Å². The summed E-state index contributed by atoms with van der Waals surface area (Å²) in [4.78, 5) is 4.32. The lowest BCUT2D eigenvalue weighted by molar-refractivity contribution is 0.134. The predicted octanol–water partition coefficient (Wildman–Crippen LogP) is 2.45. The quantitative estimate of drug-likeness (QED) is 0.688. The summed E-state index contributed by atoms with van der Waals surface area (Å²) in [5.74, 6) is 1.01. The van der Waals surface area contributed by atoms with Gasteiger partial charge < -0.3 is 14.6 Å². The molecule has 0 aliphatic heterocycles. The van der Waals surface area contributed by atoms with E-state index in [2.05, 4.69) is 28.0 Å². The summed E-state index contributed by atoms with van der Waals surface area (Å²) in [5.41, 5.74) is 0. The molecule has 1 N–H and O–H groups in total. The molecule has 1 aromatic rings. The largest absolute Gasteiger partial charge is 0.381 e. The second-order valence-corrected chi connectivity index (χ2v) is 4.28. The number of hydrogen-bond acceptors (Lipinski definition) is 3. The van der Waals surface area contributed by atoms with Crippen molar-refractivity contribution in [3.8, 4) is 0 Å². The normalized spacial score (nSPS) is 15.3. The molecule has 0 bridgehead atoms. The highest BCUT2D eigenvalue weighted by molar-refractivity contribution is 5.27. The lowest BCUT2D eigenvalue weighted by Crippen LogP contribution is -2.10. The highest BCUT2D eigenvalue weighted by Gasteiger charge is 2.25. The van der Waals surface area contributed by atoms with Crippen molar-refractivity contribution >= 4 is 5.95 Å². The van der Waals surface area contributed by atoms with E-state index in [9.17, 15) is 0 Å². The maximum absolute atomic E-state index is 5.43. The minimum atomic E-state index is 0.696. The van der Waals surface area contributed by atoms with Gasteiger partial charge in [-0.25, -0.2) is 4.98 Å². The van der Waals surface area contributed by atoms with E-state index in [0.29, 0.717) is 6.04 Å². The van der Waals surface area contributed by atoms with Crippen LogP contribution in [0.3, 0.4) is 0 Å². The van der Waals surface area contributed by atoms with E-state index in [-0.39, 0.29) is 0 Å². The van der Waals surface area contributed by atoms with E-state index in [1.54, 1.807) is 0 Å². The fourth-order valence-electron chi connectivity index (χ4n) is 1.72. The molecule has 0 spiro atoms. The first-order valence-corrected chi connectivity index (χ1v) is 6.26. The van der Waals surface area contributed by atoms with Crippen LogP contribution in [0, 0.1) is 0 Å². The zero-order valence-corrected chi connectivity index (χ0v) is 9.98. The number of nitrogens with zero attached hydrogens (tertiary/aromatic N) is 2. The van der Waals surface area contributed by atoms with Gasteiger partial charge >= 0.3 is 0 Å². The van der Waals surface area contributed by atoms with Crippen molar-refractivity contribution in [3.63, 3.8) is 0 Å². The van der Waals surface area contributed by atoms with Crippen LogP contribution in [0.25, 0.3) is 0 Å². The summed E-state index contributed by atoms with van der Waals surface area (Å²) >= 11 is 0. The van der Waals surface area contributed by atoms with Gasteiger partial charge in [0.2, 0.25) is 5.95 Å². The molecule has 0 atom stereocenters. The lowest BCUT2D eigenvalue weighted by atomic mass is 10.4. The maximum Gasteiger partial charge on any atom is 0.203 e. The van der Waals surface area contributed by atoms with Crippen LogP contribution >= 0.6 is 0 Å². The van der Waals surface area contributed by atoms with Crippen molar-refractivity contribution in [3.05, 3.63) is 12.4 Å². The minimum absolute atomic E-state index is 0.696. The van der Waals surface area contributed by atoms with Crippen LogP contribution in [0.15, 0.2) is 12.4 Å². The summed E-state index contributed by atoms with van der Waals surface area (Å²) in [6, 6.07) is 0.696. The molecule has 16 heavy (non-hydrogen) atoms. The third kappa shape index (κ3) is 3.23. The van der Waals surface area contributed by atoms with Crippen molar-refractivity contribution < 1.29 is 4.74 Å². The van der Waals surface area contributed by atoms with Crippen molar-refractivity contribution in [2.75, 3.05) is 25.1 Å². The van der Waals surface area contributed by atoms with Crippen LogP contribution < -0.4 is 5.32 Å². The Morgan fingerprint density at radius 1 is 1.50 bits per heavy atom. The molecule has 2 rings (SSSR count). The smallest absolute Gasteiger partial charge is 0.203 e. The minimum Gasteiger partial charge on any atom is -0.381 e. The summed E-state index contributed by atoms with van der Waals surface area (Å²) in [5, 5.41) is 3.36. The number of hydrogen-bond donors (Lipinski definition) is 1. The number of imidazole rings is 1. The summed E-state index contributed by atoms with van der Waals surface area (Å²) in [6.07, 6.45) is 8.66. The molecule has 1 aliphatic rings. The number of nitrogens with one attached hydrogen (secondary N) is 1. The summed E-state index contributed by atoms with van der Waals surface area (Å²) in [7, 11) is 0. The second kappa shape index (κ2) is 5.89. The van der Waals surface area contributed by atoms with Gasteiger partial charge in [0.1, 0.15) is 0 Å². The van der Waals surface area contributed by atoms with Gasteiger partial charge in [0.05, 0.1) is 0 Å². The number of ether oxygens (including phenoxy) is 1. The third-order valence-electron chi connectivity index (χ3n) is 2.71. The Kier molecular flexibility index (Phi) is 4.22. The molecule has 0 unspecified atom stereocenters. The molecule has 0 radical (unpaired) electrons. The fourth-order valence-corrected chi connectivity index (χ4v) is 1.72. The molecule has 0 aromatic carbocycles. The van der Waals surface area contributed by atoms with E-state index in [4.69, 9.17) is 4.74 Å². The molecular weight excluding hydrogens is 202 g/mol. The molecule has 4 heteroatoms. The Morgan fingerprint density at radius 3 is 3.12 bits per heavy atom. The fraction of sp³-hybridized carbons (Fsp3) is 0.750. The van der Waals surface area contributed by atoms with Gasteiger partial charge in [0.25, 0.3) is 0 Å². The molecule has 0 amide bonds. The van der Waals surface area contributed by atoms with Gasteiger partial charge in [0, 0.05) is 38.2 Å². The zero-order chi connectivity index (χ0) is 11.2. The molecule has 90 valence electrons. The third-order valence-corrected chi connectivity index (χ3v) is 2.71. The van der Waals surface area contributed by atoms with Gasteiger partial charge in [-0.2, -0.15) is 0 Å². The Hall–Kier alpha value is -1.03. The molecular formula is C12H21N3O. The number of aromatic nitrogens is 2. The molecule has 1 fully saturated rings. The van der Waals surface area contributed by atoms with Gasteiger partial charge in [-0.3, -0.25) is 0 Å². The van der Waals surface area contributed by atoms with Crippen molar-refractivity contribution in [1.29, 1.82) is 0 Å². The van der Waals surface area contributed by atoms with Gasteiger partial charge in [-0.1, -0.05) is 6.92 Å². The van der Waals surface area contributed by atoms with Gasteiger partial charge in [-0.05, 0) is 25.7 Å². The maximum atomic E-state index is 5.43. The summed E-state index contributed by atoms with van der Waals surface area (Å²) in [6.45, 7) is 4.78. The van der Waals surface area contributed by atoms with Crippen molar-refractivity contribution in [2.24, 2.45) is 0 Å². The van der Waals surface area contributed by atoms with E-state index in [1.807, 2.05) is 6.20 Å². The Bertz CT molecular complexity index is 307. The van der Waals surface area contributed by atoms with Crippen LogP contribution in [0.1, 0.15) is 38.6 Å². The highest BCUT2D eigenvalue weighted by Crippen LogP contribution is 2.36. The molecule has 0 saturated heterocycles. The van der Waals surface area contributed by atoms with Crippen molar-refractivity contribution in [1.82, 2.24) is 9.55 Å². The van der Waals surface area contributed by atoms with Gasteiger partial charge in [0.15, 0.2) is 0 Å². The monoisotopic (exact) mass is 223 g/mol. The zero-order valence-electron chi connectivity index (χ0n) is 9.98. The van der Waals surface area contributed by atoms with E-state index >= 15 is 0 Å². The number of anilines is 1. The Balaban J connectivity index is 1.63. The molecule has 1 heterocycles. The first kappa shape index (κ1) is 11.5. The Morgan fingerprint density at radius 2 is 2.38 bits per heavy atom. The first-order chi connectivity index (χ1) is 7.92. The van der Waals surface area contributed by atoms with E-state index in [0.717, 1.165) is 38.5 Å². The second-order valence-electron chi connectivity index (χ2n) is 4.28. The average molecular weight is 223 g/mol. The van der Waals surface area contributed by atoms with Crippen LogP contribution in [0.2, 0.25) is 0 Å². The van der Waals surface area contributed by atoms with E-state index in [1.165, 1.54) is 12.8 Å². The molecule has 4 nitrogen and oxygen atoms in total. The SMILES string of the molecule is CCCOCCCNc1nccn1C1CC1. The van der Waals surface area contributed by atoms with Crippen LogP contribution in [0.4, 0.5) is 5.95 Å². The molecule has 1 saturated carbocycles. The lowest BCUT2D eigenvalue weighted by Gasteiger charge is -2.08. The average Bonchev–Trinajstić information content (AvgIpc) is 3.04. The van der Waals surface area contributed by atoms with Crippen LogP contribution in [-0.4, -0.2) is 29.3 Å². The molecule has 1 aromatic heterocycles. The number of rotatable bonds is 8. The van der Waals surface area contributed by atoms with Gasteiger partial charge in [-0.15, -0.1) is 0 Å². The van der Waals surface area contributed by atoms with Crippen molar-refractivity contribution in [2.45, 2.75) is 38.6 Å². The highest BCUT2D eigenvalue weighted by atomic mass is 16.5. The molecule has 1 aliphatic carbocycles. The first-order valence-electron chi connectivity index (χ1n) is 6.26. The van der Waals surface area contributed by atoms with Crippen LogP contribution in [-0.2, 0) is 4.74 Å². The predicted molar refractivity (Wildman–Crippen MR) is 64.7 cm³/mol. The topological polar surface area (TPSA) is 39.1 Å². The standard InChI is InChI=1S/C12H21N3O/c1-2-9-16-10-3-6-13-12-14-7-8-15(12)11-4-5-11/h7-8,11H,2-6,9-10H2,1H3,(H,13,14). The summed E-state index contributed by atoms with van der Waals surface area (Å²) < 4.78 is 7.67. The Labute approximate surface area is 97.0 Å².